The number of amides is 1. The van der Waals surface area contributed by atoms with Crippen LogP contribution in [0.15, 0.2) is 41.1 Å². The molecule has 0 aliphatic carbocycles. The van der Waals surface area contributed by atoms with Gasteiger partial charge in [-0.2, -0.15) is 0 Å². The van der Waals surface area contributed by atoms with Crippen molar-refractivity contribution in [3.63, 3.8) is 0 Å². The number of aldehydes is 1. The summed E-state index contributed by atoms with van der Waals surface area (Å²) in [5.74, 6) is 0.465. The van der Waals surface area contributed by atoms with Crippen molar-refractivity contribution in [3.05, 3.63) is 46.7 Å². The standard InChI is InChI=1S/C15H15BrN4O5S/c1-26(23,24)20-13(12(8-21)25-15(17)22)9-2-4-10(5-3-9)14-18-6-11(16)7-19-14/h2-8,12-13,20H,1H3,(H2,17,22). The molecule has 11 heteroatoms. The summed E-state index contributed by atoms with van der Waals surface area (Å²) in [4.78, 5) is 30.6. The lowest BCUT2D eigenvalue weighted by atomic mass is 10.0. The zero-order valence-corrected chi connectivity index (χ0v) is 15.9. The molecule has 2 unspecified atom stereocenters. The molecule has 9 nitrogen and oxygen atoms in total. The van der Waals surface area contributed by atoms with Crippen molar-refractivity contribution in [1.29, 1.82) is 0 Å². The minimum Gasteiger partial charge on any atom is -0.437 e. The van der Waals surface area contributed by atoms with Crippen LogP contribution in [-0.2, 0) is 19.6 Å². The molecule has 138 valence electrons. The number of nitrogens with zero attached hydrogens (tertiary/aromatic N) is 2. The van der Waals surface area contributed by atoms with Crippen LogP contribution in [0.3, 0.4) is 0 Å². The van der Waals surface area contributed by atoms with Gasteiger partial charge in [0.1, 0.15) is 0 Å². The Morgan fingerprint density at radius 2 is 1.85 bits per heavy atom. The Balaban J connectivity index is 2.36. The van der Waals surface area contributed by atoms with Crippen molar-refractivity contribution in [3.8, 4) is 11.4 Å². The van der Waals surface area contributed by atoms with Gasteiger partial charge in [-0.1, -0.05) is 24.3 Å². The average molecular weight is 443 g/mol. The number of carbonyl (C=O) groups is 2. The molecule has 0 saturated carbocycles. The summed E-state index contributed by atoms with van der Waals surface area (Å²) in [5.41, 5.74) is 6.02. The first-order valence-electron chi connectivity index (χ1n) is 7.16. The molecule has 3 N–H and O–H groups in total. The Bertz CT molecular complexity index is 887. The van der Waals surface area contributed by atoms with Crippen molar-refractivity contribution in [2.75, 3.05) is 6.26 Å². The SMILES string of the molecule is CS(=O)(=O)NC(c1ccc(-c2ncc(Br)cn2)cc1)C(C=O)OC(N)=O. The van der Waals surface area contributed by atoms with Crippen LogP contribution in [0.2, 0.25) is 0 Å². The Kier molecular flexibility index (Phi) is 6.40. The fourth-order valence-electron chi connectivity index (χ4n) is 2.16. The number of halogens is 1. The third-order valence-corrected chi connectivity index (χ3v) is 4.30. The normalized spacial score (nSPS) is 13.6. The van der Waals surface area contributed by atoms with Crippen molar-refractivity contribution in [2.45, 2.75) is 12.1 Å². The lowest BCUT2D eigenvalue weighted by Crippen LogP contribution is -2.40. The largest absolute Gasteiger partial charge is 0.437 e. The maximum atomic E-state index is 11.6. The Labute approximate surface area is 158 Å². The first kappa shape index (κ1) is 19.9. The highest BCUT2D eigenvalue weighted by molar-refractivity contribution is 9.10. The number of hydrogen-bond donors (Lipinski definition) is 2. The molecule has 0 bridgehead atoms. The molecule has 0 aliphatic heterocycles. The van der Waals surface area contributed by atoms with Gasteiger partial charge in [0.2, 0.25) is 10.0 Å². The number of hydrogen-bond acceptors (Lipinski definition) is 7. The van der Waals surface area contributed by atoms with Gasteiger partial charge in [-0.15, -0.1) is 0 Å². The summed E-state index contributed by atoms with van der Waals surface area (Å²) < 4.78 is 30.9. The predicted octanol–water partition coefficient (Wildman–Crippen LogP) is 1.16. The van der Waals surface area contributed by atoms with Crippen LogP contribution in [0.1, 0.15) is 11.6 Å². The maximum Gasteiger partial charge on any atom is 0.405 e. The van der Waals surface area contributed by atoms with E-state index in [1.54, 1.807) is 36.7 Å². The van der Waals surface area contributed by atoms with Crippen LogP contribution in [0, 0.1) is 0 Å². The van der Waals surface area contributed by atoms with E-state index >= 15 is 0 Å². The molecule has 26 heavy (non-hydrogen) atoms. The second kappa shape index (κ2) is 8.34. The number of nitrogens with two attached hydrogens (primary N) is 1. The van der Waals surface area contributed by atoms with Gasteiger partial charge in [0.25, 0.3) is 0 Å². The van der Waals surface area contributed by atoms with Gasteiger partial charge in [0.15, 0.2) is 18.2 Å². The highest BCUT2D eigenvalue weighted by Gasteiger charge is 2.28. The second-order valence-electron chi connectivity index (χ2n) is 5.25. The number of sulfonamides is 1. The van der Waals surface area contributed by atoms with Gasteiger partial charge in [-0.05, 0) is 21.5 Å². The van der Waals surface area contributed by atoms with Crippen molar-refractivity contribution < 1.29 is 22.7 Å². The lowest BCUT2D eigenvalue weighted by molar-refractivity contribution is -0.116. The highest BCUT2D eigenvalue weighted by atomic mass is 79.9. The van der Waals surface area contributed by atoms with E-state index in [1.165, 1.54) is 0 Å². The minimum atomic E-state index is -3.70. The molecule has 1 aromatic heterocycles. The highest BCUT2D eigenvalue weighted by Crippen LogP contribution is 2.23. The summed E-state index contributed by atoms with van der Waals surface area (Å²) in [6, 6.07) is 5.33. The van der Waals surface area contributed by atoms with E-state index in [4.69, 9.17) is 10.5 Å². The molecule has 0 fully saturated rings. The Hall–Kier alpha value is -2.37. The third kappa shape index (κ3) is 5.58. The van der Waals surface area contributed by atoms with E-state index in [0.29, 0.717) is 23.2 Å². The molecule has 2 atom stereocenters. The van der Waals surface area contributed by atoms with Gasteiger partial charge >= 0.3 is 6.09 Å². The molecule has 0 saturated heterocycles. The van der Waals surface area contributed by atoms with E-state index in [-0.39, 0.29) is 0 Å². The number of ether oxygens (including phenoxy) is 1. The quantitative estimate of drug-likeness (QED) is 0.612. The summed E-state index contributed by atoms with van der Waals surface area (Å²) in [7, 11) is -3.70. The van der Waals surface area contributed by atoms with Crippen LogP contribution in [0.25, 0.3) is 11.4 Å². The van der Waals surface area contributed by atoms with Crippen molar-refractivity contribution in [2.24, 2.45) is 5.73 Å². The van der Waals surface area contributed by atoms with Gasteiger partial charge in [-0.3, -0.25) is 4.79 Å². The van der Waals surface area contributed by atoms with Crippen LogP contribution < -0.4 is 10.5 Å². The average Bonchev–Trinajstić information content (AvgIpc) is 2.58. The zero-order chi connectivity index (χ0) is 19.3. The van der Waals surface area contributed by atoms with Crippen LogP contribution in [0.4, 0.5) is 4.79 Å². The van der Waals surface area contributed by atoms with E-state index in [9.17, 15) is 18.0 Å². The van der Waals surface area contributed by atoms with Gasteiger partial charge in [-0.25, -0.2) is 27.9 Å². The zero-order valence-electron chi connectivity index (χ0n) is 13.5. The molecule has 2 aromatic rings. The van der Waals surface area contributed by atoms with Crippen LogP contribution in [-0.4, -0.2) is 43.1 Å². The fourth-order valence-corrected chi connectivity index (χ4v) is 3.10. The molecule has 0 radical (unpaired) electrons. The smallest absolute Gasteiger partial charge is 0.405 e. The molecule has 1 aromatic carbocycles. The topological polar surface area (TPSA) is 141 Å². The van der Waals surface area contributed by atoms with E-state index in [1.807, 2.05) is 0 Å². The Morgan fingerprint density at radius 3 is 2.31 bits per heavy atom. The number of aromatic nitrogens is 2. The predicted molar refractivity (Wildman–Crippen MR) is 96.4 cm³/mol. The number of nitrogens with one attached hydrogen (secondary N) is 1. The summed E-state index contributed by atoms with van der Waals surface area (Å²) in [6.45, 7) is 0. The number of rotatable bonds is 7. The van der Waals surface area contributed by atoms with Crippen molar-refractivity contribution >= 4 is 38.3 Å². The molecule has 0 aliphatic rings. The number of primary amides is 1. The second-order valence-corrected chi connectivity index (χ2v) is 7.95. The van der Waals surface area contributed by atoms with Gasteiger partial charge in [0.05, 0.1) is 16.8 Å². The molecule has 2 rings (SSSR count). The molecular formula is C15H15BrN4O5S. The summed E-state index contributed by atoms with van der Waals surface area (Å²) >= 11 is 3.25. The van der Waals surface area contributed by atoms with E-state index in [0.717, 1.165) is 10.7 Å². The molecule has 1 heterocycles. The minimum absolute atomic E-state index is 0.305. The van der Waals surface area contributed by atoms with Crippen LogP contribution >= 0.6 is 15.9 Å². The molecular weight excluding hydrogens is 428 g/mol. The number of carbonyl (C=O) groups excluding carboxylic acids is 2. The van der Waals surface area contributed by atoms with Gasteiger partial charge in [0, 0.05) is 18.0 Å². The first-order chi connectivity index (χ1) is 12.2. The number of benzene rings is 1. The lowest BCUT2D eigenvalue weighted by Gasteiger charge is -2.23. The maximum absolute atomic E-state index is 11.6. The van der Waals surface area contributed by atoms with E-state index in [2.05, 4.69) is 30.6 Å². The third-order valence-electron chi connectivity index (χ3n) is 3.20. The van der Waals surface area contributed by atoms with Gasteiger partial charge < -0.3 is 10.5 Å². The fraction of sp³-hybridized carbons (Fsp3) is 0.200. The molecule has 1 amide bonds. The monoisotopic (exact) mass is 442 g/mol. The Morgan fingerprint density at radius 1 is 1.27 bits per heavy atom. The molecule has 0 spiro atoms. The first-order valence-corrected chi connectivity index (χ1v) is 9.84. The van der Waals surface area contributed by atoms with E-state index < -0.39 is 28.3 Å². The summed E-state index contributed by atoms with van der Waals surface area (Å²) in [5, 5.41) is 0. The summed E-state index contributed by atoms with van der Waals surface area (Å²) in [6.07, 6.45) is 1.80. The van der Waals surface area contributed by atoms with Crippen molar-refractivity contribution in [1.82, 2.24) is 14.7 Å². The van der Waals surface area contributed by atoms with Crippen LogP contribution in [0.5, 0.6) is 0 Å².